The van der Waals surface area contributed by atoms with Gasteiger partial charge in [-0.05, 0) is 25.0 Å². The van der Waals surface area contributed by atoms with Crippen molar-refractivity contribution in [1.82, 2.24) is 4.98 Å². The molecule has 0 radical (unpaired) electrons. The van der Waals surface area contributed by atoms with Gasteiger partial charge in [-0.2, -0.15) is 0 Å². The Morgan fingerprint density at radius 3 is 2.71 bits per heavy atom. The maximum absolute atomic E-state index is 12.6. The Morgan fingerprint density at radius 1 is 1.57 bits per heavy atom. The van der Waals surface area contributed by atoms with Crippen molar-refractivity contribution in [3.8, 4) is 0 Å². The molecular weight excluding hydrogens is 185 g/mol. The predicted molar refractivity (Wildman–Crippen MR) is 47.4 cm³/mol. The highest BCUT2D eigenvalue weighted by atomic mass is 19.1. The molecule has 0 aromatic carbocycles. The molecule has 1 aromatic rings. The molecule has 0 atom stereocenters. The molecule has 0 amide bonds. The number of aliphatic carboxylic acids is 1. The van der Waals surface area contributed by atoms with Gasteiger partial charge in [0, 0.05) is 11.1 Å². The fourth-order valence-electron chi connectivity index (χ4n) is 1.65. The molecule has 1 N–H and O–H groups in total. The van der Waals surface area contributed by atoms with Crippen molar-refractivity contribution >= 4 is 5.97 Å². The summed E-state index contributed by atoms with van der Waals surface area (Å²) in [5, 5.41) is 8.70. The van der Waals surface area contributed by atoms with Crippen LogP contribution in [-0.4, -0.2) is 16.1 Å². The zero-order chi connectivity index (χ0) is 10.2. The molecular formula is C10H10FNO2. The molecule has 0 bridgehead atoms. The van der Waals surface area contributed by atoms with Crippen LogP contribution in [0.2, 0.25) is 0 Å². The summed E-state index contributed by atoms with van der Waals surface area (Å²) in [5.74, 6) is -1.21. The number of pyridine rings is 1. The lowest BCUT2D eigenvalue weighted by Gasteiger charge is -2.10. The first-order valence-electron chi connectivity index (χ1n) is 4.46. The highest BCUT2D eigenvalue weighted by Crippen LogP contribution is 2.50. The smallest absolute Gasteiger partial charge is 0.304 e. The van der Waals surface area contributed by atoms with Gasteiger partial charge in [0.25, 0.3) is 0 Å². The lowest BCUT2D eigenvalue weighted by Crippen LogP contribution is -2.14. The van der Waals surface area contributed by atoms with Gasteiger partial charge in [0.1, 0.15) is 5.82 Å². The first-order valence-corrected chi connectivity index (χ1v) is 4.46. The third-order valence-electron chi connectivity index (χ3n) is 2.61. The van der Waals surface area contributed by atoms with Gasteiger partial charge in [0.05, 0.1) is 12.6 Å². The van der Waals surface area contributed by atoms with Crippen molar-refractivity contribution in [2.45, 2.75) is 24.7 Å². The number of carboxylic acid groups (broad SMARTS) is 1. The summed E-state index contributed by atoms with van der Waals surface area (Å²) in [5.41, 5.74) is 0.376. The Balaban J connectivity index is 2.22. The molecule has 3 nitrogen and oxygen atoms in total. The van der Waals surface area contributed by atoms with E-state index in [4.69, 9.17) is 5.11 Å². The average Bonchev–Trinajstić information content (AvgIpc) is 2.85. The average molecular weight is 195 g/mol. The molecule has 1 aliphatic rings. The summed E-state index contributed by atoms with van der Waals surface area (Å²) in [6.45, 7) is 0. The molecule has 1 fully saturated rings. The molecule has 1 heterocycles. The summed E-state index contributed by atoms with van der Waals surface area (Å²) >= 11 is 0. The van der Waals surface area contributed by atoms with E-state index in [9.17, 15) is 9.18 Å². The van der Waals surface area contributed by atoms with Gasteiger partial charge in [-0.15, -0.1) is 0 Å². The highest BCUT2D eigenvalue weighted by Gasteiger charge is 2.47. The molecule has 1 saturated carbocycles. The fraction of sp³-hybridized carbons (Fsp3) is 0.400. The van der Waals surface area contributed by atoms with E-state index >= 15 is 0 Å². The summed E-state index contributed by atoms with van der Waals surface area (Å²) in [7, 11) is 0. The summed E-state index contributed by atoms with van der Waals surface area (Å²) in [6, 6.07) is 2.90. The number of aromatic nitrogens is 1. The summed E-state index contributed by atoms with van der Waals surface area (Å²) in [4.78, 5) is 14.5. The SMILES string of the molecule is O=C(O)CC1(c2ccc(F)cn2)CC1. The molecule has 0 saturated heterocycles. The predicted octanol–water partition coefficient (Wildman–Crippen LogP) is 1.73. The lowest BCUT2D eigenvalue weighted by atomic mass is 9.97. The fourth-order valence-corrected chi connectivity index (χ4v) is 1.65. The van der Waals surface area contributed by atoms with Crippen molar-refractivity contribution in [2.75, 3.05) is 0 Å². The molecule has 4 heteroatoms. The second-order valence-electron chi connectivity index (χ2n) is 3.71. The van der Waals surface area contributed by atoms with E-state index < -0.39 is 5.97 Å². The van der Waals surface area contributed by atoms with Crippen LogP contribution < -0.4 is 0 Å². The number of halogens is 1. The lowest BCUT2D eigenvalue weighted by molar-refractivity contribution is -0.137. The number of nitrogens with zero attached hydrogens (tertiary/aromatic N) is 1. The minimum absolute atomic E-state index is 0.0889. The van der Waals surface area contributed by atoms with Crippen molar-refractivity contribution in [3.05, 3.63) is 29.8 Å². The van der Waals surface area contributed by atoms with E-state index in [0.717, 1.165) is 19.0 Å². The molecule has 0 unspecified atom stereocenters. The van der Waals surface area contributed by atoms with Crippen LogP contribution in [-0.2, 0) is 10.2 Å². The van der Waals surface area contributed by atoms with E-state index in [-0.39, 0.29) is 17.7 Å². The Kier molecular flexibility index (Phi) is 1.98. The highest BCUT2D eigenvalue weighted by molar-refractivity contribution is 5.69. The third kappa shape index (κ3) is 1.60. The minimum atomic E-state index is -0.825. The number of hydrogen-bond acceptors (Lipinski definition) is 2. The summed E-state index contributed by atoms with van der Waals surface area (Å²) < 4.78 is 12.6. The first-order chi connectivity index (χ1) is 6.62. The largest absolute Gasteiger partial charge is 0.481 e. The minimum Gasteiger partial charge on any atom is -0.481 e. The molecule has 0 spiro atoms. The van der Waals surface area contributed by atoms with Gasteiger partial charge >= 0.3 is 5.97 Å². The van der Waals surface area contributed by atoms with Crippen LogP contribution in [0.15, 0.2) is 18.3 Å². The van der Waals surface area contributed by atoms with Crippen LogP contribution in [0.1, 0.15) is 25.0 Å². The number of hydrogen-bond donors (Lipinski definition) is 1. The van der Waals surface area contributed by atoms with Gasteiger partial charge in [-0.25, -0.2) is 4.39 Å². The number of carbonyl (C=O) groups is 1. The maximum Gasteiger partial charge on any atom is 0.304 e. The van der Waals surface area contributed by atoms with Crippen LogP contribution in [0.3, 0.4) is 0 Å². The van der Waals surface area contributed by atoms with Gasteiger partial charge in [0.15, 0.2) is 0 Å². The van der Waals surface area contributed by atoms with E-state index in [1.807, 2.05) is 0 Å². The van der Waals surface area contributed by atoms with E-state index in [2.05, 4.69) is 4.98 Å². The van der Waals surface area contributed by atoms with Crippen molar-refractivity contribution < 1.29 is 14.3 Å². The molecule has 74 valence electrons. The van der Waals surface area contributed by atoms with Crippen LogP contribution in [0, 0.1) is 5.82 Å². The Labute approximate surface area is 80.6 Å². The Bertz CT molecular complexity index is 357. The van der Waals surface area contributed by atoms with Gasteiger partial charge in [-0.3, -0.25) is 9.78 Å². The van der Waals surface area contributed by atoms with Gasteiger partial charge < -0.3 is 5.11 Å². The first kappa shape index (κ1) is 9.12. The van der Waals surface area contributed by atoms with Crippen molar-refractivity contribution in [1.29, 1.82) is 0 Å². The molecule has 1 aromatic heterocycles. The van der Waals surface area contributed by atoms with E-state index in [1.165, 1.54) is 6.07 Å². The van der Waals surface area contributed by atoms with E-state index in [1.54, 1.807) is 6.07 Å². The standard InChI is InChI=1S/C10H10FNO2/c11-7-1-2-8(12-6-7)10(3-4-10)5-9(13)14/h1-2,6H,3-5H2,(H,13,14). The van der Waals surface area contributed by atoms with Crippen LogP contribution >= 0.6 is 0 Å². The van der Waals surface area contributed by atoms with Crippen molar-refractivity contribution in [3.63, 3.8) is 0 Å². The second kappa shape index (κ2) is 3.04. The number of carboxylic acids is 1. The monoisotopic (exact) mass is 195 g/mol. The van der Waals surface area contributed by atoms with Gasteiger partial charge in [-0.1, -0.05) is 0 Å². The second-order valence-corrected chi connectivity index (χ2v) is 3.71. The Morgan fingerprint density at radius 2 is 2.29 bits per heavy atom. The topological polar surface area (TPSA) is 50.2 Å². The third-order valence-corrected chi connectivity index (χ3v) is 2.61. The zero-order valence-corrected chi connectivity index (χ0v) is 7.53. The zero-order valence-electron chi connectivity index (χ0n) is 7.53. The maximum atomic E-state index is 12.6. The van der Waals surface area contributed by atoms with Crippen LogP contribution in [0.25, 0.3) is 0 Å². The number of rotatable bonds is 3. The quantitative estimate of drug-likeness (QED) is 0.799. The van der Waals surface area contributed by atoms with Crippen LogP contribution in [0.4, 0.5) is 4.39 Å². The normalized spacial score (nSPS) is 17.8. The molecule has 2 rings (SSSR count). The molecule has 14 heavy (non-hydrogen) atoms. The Hall–Kier alpha value is -1.45. The molecule has 0 aliphatic heterocycles. The molecule has 1 aliphatic carbocycles. The van der Waals surface area contributed by atoms with Crippen molar-refractivity contribution in [2.24, 2.45) is 0 Å². The van der Waals surface area contributed by atoms with Gasteiger partial charge in [0.2, 0.25) is 0 Å². The van der Waals surface area contributed by atoms with E-state index in [0.29, 0.717) is 5.69 Å². The van der Waals surface area contributed by atoms with Crippen LogP contribution in [0.5, 0.6) is 0 Å². The summed E-state index contributed by atoms with van der Waals surface area (Å²) in [6.07, 6.45) is 2.89.